The molecule has 1 amide bonds. The zero-order valence-electron chi connectivity index (χ0n) is 19.6. The molecule has 1 fully saturated rings. The number of amides is 1. The van der Waals surface area contributed by atoms with E-state index in [9.17, 15) is 4.79 Å². The first-order valence-electron chi connectivity index (χ1n) is 11.9. The van der Waals surface area contributed by atoms with Gasteiger partial charge in [-0.1, -0.05) is 67.1 Å². The first-order valence-corrected chi connectivity index (χ1v) is 11.9. The third-order valence-corrected chi connectivity index (χ3v) is 6.43. The molecule has 5 nitrogen and oxygen atoms in total. The summed E-state index contributed by atoms with van der Waals surface area (Å²) in [7, 11) is 0. The van der Waals surface area contributed by atoms with Crippen molar-refractivity contribution >= 4 is 17.4 Å². The van der Waals surface area contributed by atoms with Gasteiger partial charge in [-0.3, -0.25) is 4.79 Å². The molecule has 2 N–H and O–H groups in total. The predicted molar refractivity (Wildman–Crippen MR) is 136 cm³/mol. The van der Waals surface area contributed by atoms with E-state index in [1.54, 1.807) is 0 Å². The van der Waals surface area contributed by atoms with Crippen LogP contribution in [0.15, 0.2) is 72.9 Å². The number of hydrogen-bond donors (Lipinski definition) is 2. The summed E-state index contributed by atoms with van der Waals surface area (Å²) in [6, 6.07) is 21.9. The Kier molecular flexibility index (Phi) is 7.74. The minimum atomic E-state index is -0.443. The van der Waals surface area contributed by atoms with Crippen LogP contribution in [0, 0.1) is 12.8 Å². The van der Waals surface area contributed by atoms with Crippen LogP contribution < -0.4 is 15.5 Å². The fourth-order valence-electron chi connectivity index (χ4n) is 4.24. The van der Waals surface area contributed by atoms with Crippen LogP contribution in [0.3, 0.4) is 0 Å². The number of rotatable bonds is 8. The van der Waals surface area contributed by atoms with E-state index in [0.29, 0.717) is 12.4 Å². The summed E-state index contributed by atoms with van der Waals surface area (Å²) < 4.78 is 0. The van der Waals surface area contributed by atoms with Crippen molar-refractivity contribution in [2.24, 2.45) is 5.92 Å². The molecule has 0 aliphatic carbocycles. The van der Waals surface area contributed by atoms with Crippen LogP contribution in [0.1, 0.15) is 42.5 Å². The minimum Gasteiger partial charge on any atom is -0.370 e. The van der Waals surface area contributed by atoms with Crippen molar-refractivity contribution in [2.75, 3.05) is 29.9 Å². The maximum Gasteiger partial charge on any atom is 0.247 e. The molecule has 0 unspecified atom stereocenters. The van der Waals surface area contributed by atoms with E-state index in [1.165, 1.54) is 24.0 Å². The number of nitrogens with one attached hydrogen (secondary N) is 2. The maximum atomic E-state index is 13.2. The van der Waals surface area contributed by atoms with Crippen molar-refractivity contribution in [3.05, 3.63) is 89.6 Å². The Bertz CT molecular complexity index is 1010. The number of carbonyl (C=O) groups is 1. The summed E-state index contributed by atoms with van der Waals surface area (Å²) in [4.78, 5) is 20.1. The van der Waals surface area contributed by atoms with Crippen molar-refractivity contribution in [1.82, 2.24) is 10.3 Å². The fraction of sp³-hybridized carbons (Fsp3) is 0.357. The highest BCUT2D eigenvalue weighted by molar-refractivity contribution is 5.94. The number of benzene rings is 2. The lowest BCUT2D eigenvalue weighted by Gasteiger charge is -2.31. The summed E-state index contributed by atoms with van der Waals surface area (Å²) in [5.74, 6) is 1.27. The second kappa shape index (κ2) is 11.1. The van der Waals surface area contributed by atoms with Gasteiger partial charge in [0.05, 0.1) is 11.9 Å². The van der Waals surface area contributed by atoms with Crippen LogP contribution in [0.2, 0.25) is 0 Å². The molecule has 2 heterocycles. The van der Waals surface area contributed by atoms with Gasteiger partial charge in [-0.2, -0.15) is 0 Å². The highest BCUT2D eigenvalue weighted by atomic mass is 16.2. The standard InChI is InChI=1S/C28H34N4O/c1-21-8-10-23(11-9-21)14-17-29-27(24-6-4-3-5-7-24)28(33)31-26-13-12-25(20-30-26)32-18-15-22(2)16-19-32/h3-13,20,22,27,29H,14-19H2,1-2H3,(H,30,31,33)/t27-/m0/s1. The SMILES string of the molecule is Cc1ccc(CCN[C@H](C(=O)Nc2ccc(N3CCC(C)CC3)cn2)c2ccccc2)cc1. The van der Waals surface area contributed by atoms with Crippen molar-refractivity contribution in [3.8, 4) is 0 Å². The number of aromatic nitrogens is 1. The molecule has 0 spiro atoms. The first-order chi connectivity index (χ1) is 16.1. The molecule has 1 aromatic heterocycles. The molecule has 3 aromatic rings. The highest BCUT2D eigenvalue weighted by Gasteiger charge is 2.21. The number of pyridine rings is 1. The van der Waals surface area contributed by atoms with E-state index in [-0.39, 0.29) is 5.91 Å². The molecule has 0 saturated carbocycles. The van der Waals surface area contributed by atoms with E-state index in [2.05, 4.69) is 64.7 Å². The average molecular weight is 443 g/mol. The Morgan fingerprint density at radius 3 is 2.42 bits per heavy atom. The lowest BCUT2D eigenvalue weighted by molar-refractivity contribution is -0.118. The zero-order chi connectivity index (χ0) is 23.0. The van der Waals surface area contributed by atoms with Crippen molar-refractivity contribution in [3.63, 3.8) is 0 Å². The molecule has 1 aliphatic rings. The van der Waals surface area contributed by atoms with Gasteiger partial charge in [-0.25, -0.2) is 4.98 Å². The zero-order valence-corrected chi connectivity index (χ0v) is 19.6. The predicted octanol–water partition coefficient (Wildman–Crippen LogP) is 5.14. The Hall–Kier alpha value is -3.18. The maximum absolute atomic E-state index is 13.2. The quantitative estimate of drug-likeness (QED) is 0.507. The molecular formula is C28H34N4O. The molecule has 33 heavy (non-hydrogen) atoms. The topological polar surface area (TPSA) is 57.3 Å². The van der Waals surface area contributed by atoms with Crippen LogP contribution in [0.25, 0.3) is 0 Å². The summed E-state index contributed by atoms with van der Waals surface area (Å²) in [5, 5.41) is 6.44. The van der Waals surface area contributed by atoms with Crippen LogP contribution >= 0.6 is 0 Å². The lowest BCUT2D eigenvalue weighted by atomic mass is 9.99. The monoisotopic (exact) mass is 442 g/mol. The molecule has 1 aliphatic heterocycles. The second-order valence-corrected chi connectivity index (χ2v) is 9.09. The number of carbonyl (C=O) groups excluding carboxylic acids is 1. The van der Waals surface area contributed by atoms with E-state index in [0.717, 1.165) is 36.7 Å². The van der Waals surface area contributed by atoms with Crippen LogP contribution in [0.4, 0.5) is 11.5 Å². The first kappa shape index (κ1) is 23.0. The minimum absolute atomic E-state index is 0.0999. The van der Waals surface area contributed by atoms with Gasteiger partial charge in [0.1, 0.15) is 11.9 Å². The van der Waals surface area contributed by atoms with E-state index in [1.807, 2.05) is 42.6 Å². The molecular weight excluding hydrogens is 408 g/mol. The third-order valence-electron chi connectivity index (χ3n) is 6.43. The second-order valence-electron chi connectivity index (χ2n) is 9.09. The van der Waals surface area contributed by atoms with E-state index < -0.39 is 6.04 Å². The van der Waals surface area contributed by atoms with Crippen molar-refractivity contribution < 1.29 is 4.79 Å². The highest BCUT2D eigenvalue weighted by Crippen LogP contribution is 2.23. The van der Waals surface area contributed by atoms with Gasteiger partial charge in [-0.05, 0) is 55.4 Å². The van der Waals surface area contributed by atoms with Crippen LogP contribution in [-0.2, 0) is 11.2 Å². The summed E-state index contributed by atoms with van der Waals surface area (Å²) in [6.45, 7) is 7.23. The number of anilines is 2. The number of aryl methyl sites for hydroxylation is 1. The van der Waals surface area contributed by atoms with Gasteiger partial charge >= 0.3 is 0 Å². The van der Waals surface area contributed by atoms with Crippen LogP contribution in [-0.4, -0.2) is 30.5 Å². The number of nitrogens with zero attached hydrogens (tertiary/aromatic N) is 2. The van der Waals surface area contributed by atoms with Gasteiger partial charge in [0.2, 0.25) is 5.91 Å². The van der Waals surface area contributed by atoms with Crippen molar-refractivity contribution in [2.45, 2.75) is 39.2 Å². The number of hydrogen-bond acceptors (Lipinski definition) is 4. The molecule has 4 rings (SSSR count). The van der Waals surface area contributed by atoms with Gasteiger partial charge in [0.25, 0.3) is 0 Å². The Balaban J connectivity index is 1.39. The summed E-state index contributed by atoms with van der Waals surface area (Å²) in [5.41, 5.74) is 4.57. The van der Waals surface area contributed by atoms with E-state index in [4.69, 9.17) is 0 Å². The van der Waals surface area contributed by atoms with Gasteiger partial charge < -0.3 is 15.5 Å². The smallest absolute Gasteiger partial charge is 0.247 e. The largest absolute Gasteiger partial charge is 0.370 e. The molecule has 1 atom stereocenters. The molecule has 172 valence electrons. The summed E-state index contributed by atoms with van der Waals surface area (Å²) >= 11 is 0. The average Bonchev–Trinajstić information content (AvgIpc) is 2.84. The fourth-order valence-corrected chi connectivity index (χ4v) is 4.24. The van der Waals surface area contributed by atoms with Crippen molar-refractivity contribution in [1.29, 1.82) is 0 Å². The lowest BCUT2D eigenvalue weighted by Crippen LogP contribution is -2.34. The van der Waals surface area contributed by atoms with Crippen LogP contribution in [0.5, 0.6) is 0 Å². The summed E-state index contributed by atoms with van der Waals surface area (Å²) in [6.07, 6.45) is 5.16. The van der Waals surface area contributed by atoms with Gasteiger partial charge in [0.15, 0.2) is 0 Å². The molecule has 0 bridgehead atoms. The third kappa shape index (κ3) is 6.42. The molecule has 1 saturated heterocycles. The van der Waals surface area contributed by atoms with Gasteiger partial charge in [-0.15, -0.1) is 0 Å². The van der Waals surface area contributed by atoms with E-state index >= 15 is 0 Å². The Labute approximate surface area is 197 Å². The number of piperidine rings is 1. The molecule has 2 aromatic carbocycles. The van der Waals surface area contributed by atoms with Gasteiger partial charge in [0, 0.05) is 19.6 Å². The Morgan fingerprint density at radius 1 is 1.03 bits per heavy atom. The molecule has 0 radical (unpaired) electrons. The normalized spacial score (nSPS) is 15.3. The molecule has 5 heteroatoms. The Morgan fingerprint density at radius 2 is 1.76 bits per heavy atom.